The third kappa shape index (κ3) is 3.29. The van der Waals surface area contributed by atoms with E-state index < -0.39 is 4.92 Å². The molecular weight excluding hydrogens is 246 g/mol. The second-order valence-electron chi connectivity index (χ2n) is 4.97. The van der Waals surface area contributed by atoms with E-state index in [4.69, 9.17) is 5.73 Å². The van der Waals surface area contributed by atoms with E-state index in [2.05, 4.69) is 5.32 Å². The largest absolute Gasteiger partial charge is 0.350 e. The molecule has 0 spiro atoms. The minimum atomic E-state index is -0.475. The highest BCUT2D eigenvalue weighted by molar-refractivity contribution is 5.95. The topological polar surface area (TPSA) is 98.3 Å². The SMILES string of the molecule is Cc1cc([N+](=O)[O-])ccc1C(=O)NCC(N)C1CC1. The van der Waals surface area contributed by atoms with Gasteiger partial charge < -0.3 is 11.1 Å². The molecule has 6 heteroatoms. The van der Waals surface area contributed by atoms with Crippen molar-refractivity contribution < 1.29 is 9.72 Å². The molecule has 0 aromatic heterocycles. The number of amides is 1. The highest BCUT2D eigenvalue weighted by Crippen LogP contribution is 2.31. The normalized spacial score (nSPS) is 15.9. The maximum Gasteiger partial charge on any atom is 0.269 e. The standard InChI is InChI=1S/C13H17N3O3/c1-8-6-10(16(18)19)4-5-11(8)13(17)15-7-12(14)9-2-3-9/h4-6,9,12H,2-3,7,14H2,1H3,(H,15,17). The first-order chi connectivity index (χ1) is 8.99. The molecule has 1 fully saturated rings. The number of hydrogen-bond donors (Lipinski definition) is 2. The van der Waals surface area contributed by atoms with E-state index in [9.17, 15) is 14.9 Å². The Hall–Kier alpha value is -1.95. The van der Waals surface area contributed by atoms with Gasteiger partial charge in [0.05, 0.1) is 4.92 Å². The van der Waals surface area contributed by atoms with Crippen LogP contribution in [0.4, 0.5) is 5.69 Å². The molecule has 102 valence electrons. The molecule has 6 nitrogen and oxygen atoms in total. The van der Waals surface area contributed by atoms with E-state index in [1.54, 1.807) is 6.92 Å². The van der Waals surface area contributed by atoms with Crippen molar-refractivity contribution in [3.05, 3.63) is 39.4 Å². The van der Waals surface area contributed by atoms with Gasteiger partial charge in [0.2, 0.25) is 0 Å². The number of carbonyl (C=O) groups is 1. The van der Waals surface area contributed by atoms with Crippen molar-refractivity contribution in [1.29, 1.82) is 0 Å². The molecule has 0 aliphatic heterocycles. The van der Waals surface area contributed by atoms with Crippen LogP contribution in [0, 0.1) is 23.0 Å². The first-order valence-electron chi connectivity index (χ1n) is 6.28. The highest BCUT2D eigenvalue weighted by Gasteiger charge is 2.28. The second-order valence-corrected chi connectivity index (χ2v) is 4.97. The first kappa shape index (κ1) is 13.5. The molecule has 1 aromatic rings. The summed E-state index contributed by atoms with van der Waals surface area (Å²) in [5.41, 5.74) is 6.93. The minimum absolute atomic E-state index is 0.00213. The number of nitro benzene ring substituents is 1. The average Bonchev–Trinajstić information content (AvgIpc) is 3.19. The molecule has 1 aliphatic carbocycles. The maximum absolute atomic E-state index is 12.0. The summed E-state index contributed by atoms with van der Waals surface area (Å²) in [5, 5.41) is 13.4. The number of aryl methyl sites for hydroxylation is 1. The fourth-order valence-electron chi connectivity index (χ4n) is 2.01. The summed E-state index contributed by atoms with van der Waals surface area (Å²) in [6, 6.07) is 4.21. The van der Waals surface area contributed by atoms with Gasteiger partial charge in [0, 0.05) is 30.3 Å². The molecular formula is C13H17N3O3. The molecule has 1 amide bonds. The highest BCUT2D eigenvalue weighted by atomic mass is 16.6. The van der Waals surface area contributed by atoms with Crippen molar-refractivity contribution >= 4 is 11.6 Å². The molecule has 3 N–H and O–H groups in total. The molecule has 1 aromatic carbocycles. The summed E-state index contributed by atoms with van der Waals surface area (Å²) in [4.78, 5) is 22.1. The van der Waals surface area contributed by atoms with Crippen LogP contribution in [0.3, 0.4) is 0 Å². The number of nitrogens with two attached hydrogens (primary N) is 1. The van der Waals surface area contributed by atoms with Gasteiger partial charge in [-0.2, -0.15) is 0 Å². The van der Waals surface area contributed by atoms with Gasteiger partial charge in [-0.05, 0) is 37.3 Å². The Morgan fingerprint density at radius 1 is 1.58 bits per heavy atom. The number of nitrogens with one attached hydrogen (secondary N) is 1. The third-order valence-electron chi connectivity index (χ3n) is 3.39. The van der Waals surface area contributed by atoms with Crippen LogP contribution in [0.15, 0.2) is 18.2 Å². The van der Waals surface area contributed by atoms with Crippen LogP contribution in [0.1, 0.15) is 28.8 Å². The lowest BCUT2D eigenvalue weighted by Gasteiger charge is -2.12. The van der Waals surface area contributed by atoms with E-state index in [1.165, 1.54) is 18.2 Å². The molecule has 1 aliphatic rings. The number of hydrogen-bond acceptors (Lipinski definition) is 4. The molecule has 0 saturated heterocycles. The number of benzene rings is 1. The summed E-state index contributed by atoms with van der Waals surface area (Å²) < 4.78 is 0. The predicted molar refractivity (Wildman–Crippen MR) is 70.9 cm³/mol. The number of nitrogens with zero attached hydrogens (tertiary/aromatic N) is 1. The Labute approximate surface area is 111 Å². The number of carbonyl (C=O) groups excluding carboxylic acids is 1. The number of nitro groups is 1. The van der Waals surface area contributed by atoms with Crippen LogP contribution >= 0.6 is 0 Å². The fourth-order valence-corrected chi connectivity index (χ4v) is 2.01. The lowest BCUT2D eigenvalue weighted by Crippen LogP contribution is -2.38. The van der Waals surface area contributed by atoms with Crippen molar-refractivity contribution in [2.45, 2.75) is 25.8 Å². The molecule has 1 unspecified atom stereocenters. The summed E-state index contributed by atoms with van der Waals surface area (Å²) in [7, 11) is 0. The van der Waals surface area contributed by atoms with Gasteiger partial charge in [-0.15, -0.1) is 0 Å². The van der Waals surface area contributed by atoms with E-state index in [0.29, 0.717) is 23.6 Å². The van der Waals surface area contributed by atoms with Gasteiger partial charge in [-0.25, -0.2) is 0 Å². The van der Waals surface area contributed by atoms with Gasteiger partial charge >= 0.3 is 0 Å². The molecule has 0 heterocycles. The summed E-state index contributed by atoms with van der Waals surface area (Å²) in [6.45, 7) is 2.13. The fraction of sp³-hybridized carbons (Fsp3) is 0.462. The third-order valence-corrected chi connectivity index (χ3v) is 3.39. The molecule has 1 atom stereocenters. The van der Waals surface area contributed by atoms with E-state index in [1.807, 2.05) is 0 Å². The molecule has 1 saturated carbocycles. The van der Waals surface area contributed by atoms with Crippen LogP contribution in [0.2, 0.25) is 0 Å². The first-order valence-corrected chi connectivity index (χ1v) is 6.28. The van der Waals surface area contributed by atoms with E-state index >= 15 is 0 Å². The van der Waals surface area contributed by atoms with Gasteiger partial charge in [-0.1, -0.05) is 0 Å². The molecule has 19 heavy (non-hydrogen) atoms. The molecule has 0 bridgehead atoms. The van der Waals surface area contributed by atoms with Gasteiger partial charge in [0.1, 0.15) is 0 Å². The predicted octanol–water partition coefficient (Wildman–Crippen LogP) is 1.37. The second kappa shape index (κ2) is 5.36. The Morgan fingerprint density at radius 2 is 2.26 bits per heavy atom. The summed E-state index contributed by atoms with van der Waals surface area (Å²) in [6.07, 6.45) is 2.27. The van der Waals surface area contributed by atoms with Crippen LogP contribution < -0.4 is 11.1 Å². The monoisotopic (exact) mass is 263 g/mol. The lowest BCUT2D eigenvalue weighted by molar-refractivity contribution is -0.384. The zero-order valence-corrected chi connectivity index (χ0v) is 10.8. The zero-order valence-electron chi connectivity index (χ0n) is 10.8. The molecule has 2 rings (SSSR count). The Balaban J connectivity index is 2.00. The van der Waals surface area contributed by atoms with E-state index in [0.717, 1.165) is 12.8 Å². The Kier molecular flexibility index (Phi) is 3.80. The van der Waals surface area contributed by atoms with Crippen LogP contribution in [-0.4, -0.2) is 23.4 Å². The van der Waals surface area contributed by atoms with Gasteiger partial charge in [-0.3, -0.25) is 14.9 Å². The zero-order chi connectivity index (χ0) is 14.0. The van der Waals surface area contributed by atoms with Crippen LogP contribution in [0.5, 0.6) is 0 Å². The Bertz CT molecular complexity index is 512. The quantitative estimate of drug-likeness (QED) is 0.619. The smallest absolute Gasteiger partial charge is 0.269 e. The van der Waals surface area contributed by atoms with Crippen molar-refractivity contribution in [1.82, 2.24) is 5.32 Å². The lowest BCUT2D eigenvalue weighted by atomic mass is 10.1. The molecule has 0 radical (unpaired) electrons. The summed E-state index contributed by atoms with van der Waals surface area (Å²) in [5.74, 6) is 0.293. The summed E-state index contributed by atoms with van der Waals surface area (Å²) >= 11 is 0. The minimum Gasteiger partial charge on any atom is -0.350 e. The van der Waals surface area contributed by atoms with Crippen LogP contribution in [-0.2, 0) is 0 Å². The van der Waals surface area contributed by atoms with E-state index in [-0.39, 0.29) is 17.6 Å². The van der Waals surface area contributed by atoms with Crippen LogP contribution in [0.25, 0.3) is 0 Å². The van der Waals surface area contributed by atoms with Crippen molar-refractivity contribution in [3.8, 4) is 0 Å². The number of rotatable bonds is 5. The number of non-ortho nitro benzene ring substituents is 1. The maximum atomic E-state index is 12.0. The van der Waals surface area contributed by atoms with Crippen molar-refractivity contribution in [2.75, 3.05) is 6.54 Å². The average molecular weight is 263 g/mol. The van der Waals surface area contributed by atoms with Gasteiger partial charge in [0.15, 0.2) is 0 Å². The van der Waals surface area contributed by atoms with Gasteiger partial charge in [0.25, 0.3) is 11.6 Å². The van der Waals surface area contributed by atoms with Crippen molar-refractivity contribution in [3.63, 3.8) is 0 Å². The van der Waals surface area contributed by atoms with Crippen molar-refractivity contribution in [2.24, 2.45) is 11.7 Å². The Morgan fingerprint density at radius 3 is 2.79 bits per heavy atom.